The zero-order valence-corrected chi connectivity index (χ0v) is 13.5. The molecule has 0 amide bonds. The van der Waals surface area contributed by atoms with E-state index in [1.165, 1.54) is 0 Å². The van der Waals surface area contributed by atoms with Gasteiger partial charge in [0.25, 0.3) is 0 Å². The average Bonchev–Trinajstić information content (AvgIpc) is 2.97. The first kappa shape index (κ1) is 15.0. The molecule has 2 fully saturated rings. The molecule has 114 valence electrons. The highest BCUT2D eigenvalue weighted by Crippen LogP contribution is 2.29. The summed E-state index contributed by atoms with van der Waals surface area (Å²) in [5, 5.41) is 0.722. The van der Waals surface area contributed by atoms with Crippen molar-refractivity contribution in [1.82, 2.24) is 4.90 Å². The van der Waals surface area contributed by atoms with E-state index in [1.807, 2.05) is 18.2 Å². The Hall–Kier alpha value is -0.880. The molecule has 1 aromatic rings. The lowest BCUT2D eigenvalue weighted by Gasteiger charge is -2.32. The van der Waals surface area contributed by atoms with Crippen LogP contribution in [0.2, 0.25) is 5.02 Å². The van der Waals surface area contributed by atoms with Gasteiger partial charge in [-0.15, -0.1) is 0 Å². The number of hydrogen-bond donors (Lipinski definition) is 1. The van der Waals surface area contributed by atoms with Gasteiger partial charge in [-0.2, -0.15) is 0 Å². The molecule has 0 saturated carbocycles. The van der Waals surface area contributed by atoms with Gasteiger partial charge in [0.05, 0.1) is 13.2 Å². The topological polar surface area (TPSA) is 41.7 Å². The highest BCUT2D eigenvalue weighted by Gasteiger charge is 2.30. The standard InChI is InChI=1S/C15H20ClN3OS/c16-11-1-2-13(15(17)21)14(9-11)19-4-3-12(10-19)18-5-7-20-8-6-18/h1-2,9,12H,3-8,10H2,(H2,17,21). The molecule has 1 aromatic carbocycles. The Morgan fingerprint density at radius 3 is 2.76 bits per heavy atom. The SMILES string of the molecule is NC(=S)c1ccc(Cl)cc1N1CCC(N2CCOCC2)C1. The quantitative estimate of drug-likeness (QED) is 0.860. The first-order chi connectivity index (χ1) is 10.1. The van der Waals surface area contributed by atoms with Gasteiger partial charge in [0, 0.05) is 48.5 Å². The molecule has 0 aliphatic carbocycles. The number of morpholine rings is 1. The first-order valence-electron chi connectivity index (χ1n) is 7.31. The summed E-state index contributed by atoms with van der Waals surface area (Å²) in [4.78, 5) is 5.30. The van der Waals surface area contributed by atoms with Crippen LogP contribution in [0.15, 0.2) is 18.2 Å². The molecule has 2 heterocycles. The van der Waals surface area contributed by atoms with Gasteiger partial charge in [-0.1, -0.05) is 23.8 Å². The summed E-state index contributed by atoms with van der Waals surface area (Å²) in [6.07, 6.45) is 1.16. The molecule has 1 unspecified atom stereocenters. The number of rotatable bonds is 3. The van der Waals surface area contributed by atoms with Gasteiger partial charge in [-0.05, 0) is 24.6 Å². The van der Waals surface area contributed by atoms with E-state index in [1.54, 1.807) is 0 Å². The minimum absolute atomic E-state index is 0.427. The van der Waals surface area contributed by atoms with Crippen LogP contribution in [0.4, 0.5) is 5.69 Å². The Balaban J connectivity index is 1.76. The molecular formula is C15H20ClN3OS. The van der Waals surface area contributed by atoms with E-state index in [0.29, 0.717) is 11.0 Å². The molecule has 2 N–H and O–H groups in total. The highest BCUT2D eigenvalue weighted by atomic mass is 35.5. The molecule has 21 heavy (non-hydrogen) atoms. The van der Waals surface area contributed by atoms with Gasteiger partial charge in [0.1, 0.15) is 4.99 Å². The van der Waals surface area contributed by atoms with E-state index < -0.39 is 0 Å². The largest absolute Gasteiger partial charge is 0.389 e. The minimum atomic E-state index is 0.427. The number of nitrogens with zero attached hydrogens (tertiary/aromatic N) is 2. The molecule has 1 atom stereocenters. The molecule has 2 aliphatic rings. The van der Waals surface area contributed by atoms with Crippen molar-refractivity contribution >= 4 is 34.5 Å². The summed E-state index contributed by atoms with van der Waals surface area (Å²) < 4.78 is 5.43. The van der Waals surface area contributed by atoms with Crippen LogP contribution in [-0.4, -0.2) is 55.3 Å². The number of nitrogens with two attached hydrogens (primary N) is 1. The Kier molecular flexibility index (Phi) is 4.64. The average molecular weight is 326 g/mol. The molecule has 0 radical (unpaired) electrons. The van der Waals surface area contributed by atoms with Crippen LogP contribution in [0.3, 0.4) is 0 Å². The second kappa shape index (κ2) is 6.48. The molecule has 6 heteroatoms. The molecule has 3 rings (SSSR count). The van der Waals surface area contributed by atoms with E-state index >= 15 is 0 Å². The van der Waals surface area contributed by atoms with E-state index in [9.17, 15) is 0 Å². The summed E-state index contributed by atoms with van der Waals surface area (Å²) in [6, 6.07) is 6.31. The van der Waals surface area contributed by atoms with Gasteiger partial charge < -0.3 is 15.4 Å². The molecule has 2 saturated heterocycles. The van der Waals surface area contributed by atoms with E-state index in [0.717, 1.165) is 62.1 Å². The minimum Gasteiger partial charge on any atom is -0.389 e. The maximum absolute atomic E-state index is 6.15. The maximum atomic E-state index is 6.15. The summed E-state index contributed by atoms with van der Waals surface area (Å²) in [5.41, 5.74) is 7.82. The molecule has 0 bridgehead atoms. The number of halogens is 1. The Labute approximate surface area is 135 Å². The monoisotopic (exact) mass is 325 g/mol. The van der Waals surface area contributed by atoms with Crippen LogP contribution in [0, 0.1) is 0 Å². The third-order valence-corrected chi connectivity index (χ3v) is 4.75. The normalized spacial score (nSPS) is 23.5. The van der Waals surface area contributed by atoms with Crippen molar-refractivity contribution in [3.8, 4) is 0 Å². The van der Waals surface area contributed by atoms with Crippen molar-refractivity contribution in [2.75, 3.05) is 44.3 Å². The van der Waals surface area contributed by atoms with Crippen molar-refractivity contribution in [3.63, 3.8) is 0 Å². The van der Waals surface area contributed by atoms with Crippen LogP contribution in [-0.2, 0) is 4.74 Å². The number of benzene rings is 1. The van der Waals surface area contributed by atoms with Crippen LogP contribution >= 0.6 is 23.8 Å². The van der Waals surface area contributed by atoms with Gasteiger partial charge >= 0.3 is 0 Å². The predicted octanol–water partition coefficient (Wildman–Crippen LogP) is 1.89. The second-order valence-electron chi connectivity index (χ2n) is 5.56. The van der Waals surface area contributed by atoms with Crippen molar-refractivity contribution in [2.45, 2.75) is 12.5 Å². The highest BCUT2D eigenvalue weighted by molar-refractivity contribution is 7.80. The fourth-order valence-electron chi connectivity index (χ4n) is 3.18. The molecule has 2 aliphatic heterocycles. The van der Waals surface area contributed by atoms with E-state index in [2.05, 4.69) is 9.80 Å². The first-order valence-corrected chi connectivity index (χ1v) is 8.10. The fraction of sp³-hybridized carbons (Fsp3) is 0.533. The summed E-state index contributed by atoms with van der Waals surface area (Å²) >= 11 is 11.3. The molecule has 4 nitrogen and oxygen atoms in total. The molecule has 0 aromatic heterocycles. The summed E-state index contributed by atoms with van der Waals surface area (Å²) in [7, 11) is 0. The van der Waals surface area contributed by atoms with E-state index in [4.69, 9.17) is 34.3 Å². The number of hydrogen-bond acceptors (Lipinski definition) is 4. The Morgan fingerprint density at radius 2 is 2.05 bits per heavy atom. The van der Waals surface area contributed by atoms with Gasteiger partial charge in [0.15, 0.2) is 0 Å². The zero-order valence-electron chi connectivity index (χ0n) is 11.9. The lowest BCUT2D eigenvalue weighted by molar-refractivity contribution is 0.0209. The van der Waals surface area contributed by atoms with Crippen LogP contribution in [0.1, 0.15) is 12.0 Å². The zero-order chi connectivity index (χ0) is 14.8. The van der Waals surface area contributed by atoms with Crippen LogP contribution in [0.5, 0.6) is 0 Å². The van der Waals surface area contributed by atoms with Gasteiger partial charge in [-0.3, -0.25) is 4.90 Å². The molecule has 0 spiro atoms. The van der Waals surface area contributed by atoms with Gasteiger partial charge in [-0.25, -0.2) is 0 Å². The predicted molar refractivity (Wildman–Crippen MR) is 90.3 cm³/mol. The van der Waals surface area contributed by atoms with Crippen LogP contribution < -0.4 is 10.6 Å². The third kappa shape index (κ3) is 3.31. The second-order valence-corrected chi connectivity index (χ2v) is 6.44. The number of thiocarbonyl (C=S) groups is 1. The lowest BCUT2D eigenvalue weighted by atomic mass is 10.1. The van der Waals surface area contributed by atoms with Crippen molar-refractivity contribution in [1.29, 1.82) is 0 Å². The third-order valence-electron chi connectivity index (χ3n) is 4.29. The summed E-state index contributed by atoms with van der Waals surface area (Å²) in [6.45, 7) is 5.73. The lowest BCUT2D eigenvalue weighted by Crippen LogP contribution is -2.44. The maximum Gasteiger partial charge on any atom is 0.106 e. The van der Waals surface area contributed by atoms with Gasteiger partial charge in [0.2, 0.25) is 0 Å². The smallest absolute Gasteiger partial charge is 0.106 e. The van der Waals surface area contributed by atoms with Crippen molar-refractivity contribution in [3.05, 3.63) is 28.8 Å². The van der Waals surface area contributed by atoms with Crippen LogP contribution in [0.25, 0.3) is 0 Å². The van der Waals surface area contributed by atoms with Crippen molar-refractivity contribution < 1.29 is 4.74 Å². The fourth-order valence-corrected chi connectivity index (χ4v) is 3.52. The number of ether oxygens (including phenoxy) is 1. The number of anilines is 1. The Morgan fingerprint density at radius 1 is 1.29 bits per heavy atom. The van der Waals surface area contributed by atoms with Crippen molar-refractivity contribution in [2.24, 2.45) is 5.73 Å². The Bertz CT molecular complexity index is 534. The molecular weight excluding hydrogens is 306 g/mol. The van der Waals surface area contributed by atoms with E-state index in [-0.39, 0.29) is 0 Å². The summed E-state index contributed by atoms with van der Waals surface area (Å²) in [5.74, 6) is 0.